The number of nitriles is 7. The molecule has 0 saturated heterocycles. The summed E-state index contributed by atoms with van der Waals surface area (Å²) < 4.78 is 0. The molecule has 0 aromatic heterocycles. The molecule has 7 heteroatoms. The summed E-state index contributed by atoms with van der Waals surface area (Å²) in [6.07, 6.45) is 6.86. The quantitative estimate of drug-likeness (QED) is 0.0827. The predicted octanol–water partition coefficient (Wildman–Crippen LogP) is 27.7. The van der Waals surface area contributed by atoms with Crippen LogP contribution in [0.5, 0.6) is 0 Å². The molecule has 544 valence electrons. The molecule has 7 nitrogen and oxygen atoms in total. The van der Waals surface area contributed by atoms with E-state index in [-0.39, 0.29) is 28.6 Å². The van der Waals surface area contributed by atoms with Crippen LogP contribution in [-0.2, 0) is 0 Å². The number of fused-ring (bicyclic) bond motifs is 6. The molecule has 2 atom stereocenters. The van der Waals surface area contributed by atoms with Crippen molar-refractivity contribution in [1.29, 1.82) is 36.8 Å². The van der Waals surface area contributed by atoms with Gasteiger partial charge in [0, 0.05) is 32.7 Å². The standard InChI is InChI=1S/C121H25N7/c1-2-32(25-122)60-48-15-13-44-42-11-9-33-17-35-20-51-41-6-4-8-47-62(38(28-125)29-126)58-23-53-55-24-59-63(39(30-127)31-128)49-16-14-45-43-12-10-34-18-36-19-50-40-5-3-7-46-61(37(26-123)27-124)57-22-52-54-21-56(60)84-74(48)72(44)96-94-70(42)64(33)86-66(35)89-77(51)91(83(58)69(41)47)79(53)99-101-81(55)93-85(59)75(49)73(45)97-95-71(43)65(34)87-67(36)88-76(50)90(82(57)68(40)46)78(52)98-100-80(54)92(84)106(96)114-110(100)118-113(104(88)98)103(87)109(95)117-115(107(93)97)111(101)119-112(105(89)99)102(86)108(94)116(114)120(119)121(117)118/h1,3-24,106,114H/b60-32-. The molecule has 0 spiro atoms. The lowest BCUT2D eigenvalue weighted by molar-refractivity contribution is 0.719. The van der Waals surface area contributed by atoms with Crippen LogP contribution in [0.25, 0.3) is 432 Å². The van der Waals surface area contributed by atoms with Crippen molar-refractivity contribution >= 4 is 432 Å². The van der Waals surface area contributed by atoms with Gasteiger partial charge in [-0.1, -0.05) is 90.8 Å². The lowest BCUT2D eigenvalue weighted by atomic mass is 9.55. The van der Waals surface area contributed by atoms with Gasteiger partial charge in [-0.2, -0.15) is 36.8 Å². The van der Waals surface area contributed by atoms with Crippen LogP contribution in [0.1, 0.15) is 34.1 Å². The van der Waals surface area contributed by atoms with E-state index in [9.17, 15) is 36.8 Å². The van der Waals surface area contributed by atoms with Gasteiger partial charge >= 0.3 is 0 Å². The number of terminal acetylenes is 1. The Hall–Kier alpha value is -18.3. The molecule has 128 heavy (non-hydrogen) atoms. The van der Waals surface area contributed by atoms with Crippen LogP contribution in [-0.4, -0.2) is 0 Å². The summed E-state index contributed by atoms with van der Waals surface area (Å²) in [5.74, 6) is 2.51. The molecule has 0 saturated carbocycles. The van der Waals surface area contributed by atoms with Crippen LogP contribution in [0.4, 0.5) is 0 Å². The topological polar surface area (TPSA) is 167 Å². The molecule has 4 aliphatic carbocycles. The van der Waals surface area contributed by atoms with E-state index in [2.05, 4.69) is 182 Å². The molecule has 38 aromatic rings. The zero-order valence-electron chi connectivity index (χ0n) is 65.6. The molecule has 42 rings (SSSR count). The number of nitrogens with zero attached hydrogens (tertiary/aromatic N) is 7. The number of hydrogen-bond acceptors (Lipinski definition) is 7. The Morgan fingerprint density at radius 3 is 0.812 bits per heavy atom. The minimum absolute atomic E-state index is 0.0704. The van der Waals surface area contributed by atoms with Crippen molar-refractivity contribution in [2.24, 2.45) is 0 Å². The fourth-order valence-electron chi connectivity index (χ4n) is 34.1. The maximum atomic E-state index is 11.9. The summed E-state index contributed by atoms with van der Waals surface area (Å²) in [6.45, 7) is 0. The van der Waals surface area contributed by atoms with Gasteiger partial charge in [0.1, 0.15) is 64.8 Å². The monoisotopic (exact) mass is 1580 g/mol. The number of hydrogen-bond donors (Lipinski definition) is 0. The van der Waals surface area contributed by atoms with Crippen molar-refractivity contribution in [2.45, 2.75) is 11.8 Å². The Bertz CT molecular complexity index is 13500. The minimum Gasteiger partial charge on any atom is -0.192 e. The third-order valence-corrected chi connectivity index (χ3v) is 36.7. The third kappa shape index (κ3) is 4.37. The SMILES string of the molecule is C#C/C(C#N)=c1/c2cc3c4cc5c(=C(C#N)C#N)c6cccc7c8cc9cc%10ccc%11c%12ccc%13c(=C(C#N)C#N)c%14cc%15c%16cc%17c(=C(C#N)C#N)c%18cccc%19c%20cc%21cc%22ccc%23c%24ccc1c1c2c2c3c3c%25c%26c%27c%28c%29c%30c(c(c%241)C2C%25%29)c%23c%22c1c%21c2c%20c(c%17c%18%19)c%16c%16c%17c%15c%15c%14c%13c%12c%12c%13c%11c%10c%10c9c9c8c(c5c67)c4c3c9c%26c%10c%13c%27c(c%17c%28c(c%301)c2%16)c%15%12. The van der Waals surface area contributed by atoms with Crippen LogP contribution < -0.4 is 20.9 Å². The predicted molar refractivity (Wildman–Crippen MR) is 526 cm³/mol. The molecular weight excluding hydrogens is 1550 g/mol. The van der Waals surface area contributed by atoms with Gasteiger partial charge in [-0.25, -0.2) is 0 Å². The first-order valence-corrected chi connectivity index (χ1v) is 44.1. The van der Waals surface area contributed by atoms with Crippen molar-refractivity contribution in [3.05, 3.63) is 177 Å². The highest BCUT2D eigenvalue weighted by Gasteiger charge is 2.53. The number of benzene rings is 34. The van der Waals surface area contributed by atoms with Crippen molar-refractivity contribution in [1.82, 2.24) is 0 Å². The Morgan fingerprint density at radius 1 is 0.164 bits per heavy atom. The van der Waals surface area contributed by atoms with E-state index in [1.807, 2.05) is 0 Å². The van der Waals surface area contributed by atoms with Gasteiger partial charge in [0.2, 0.25) is 0 Å². The molecule has 0 heterocycles. The fraction of sp³-hybridized carbons (Fsp3) is 0.0165. The molecular formula is C121H25N7. The van der Waals surface area contributed by atoms with E-state index in [0.717, 1.165) is 151 Å². The zero-order valence-corrected chi connectivity index (χ0v) is 65.6. The van der Waals surface area contributed by atoms with Crippen molar-refractivity contribution in [3.8, 4) is 54.8 Å². The van der Waals surface area contributed by atoms with E-state index < -0.39 is 0 Å². The molecule has 0 amide bonds. The van der Waals surface area contributed by atoms with Crippen molar-refractivity contribution < 1.29 is 0 Å². The van der Waals surface area contributed by atoms with E-state index in [1.165, 1.54) is 286 Å². The second kappa shape index (κ2) is 15.9. The lowest BCUT2D eigenvalue weighted by Gasteiger charge is -2.47. The molecule has 2 unspecified atom stereocenters. The Kier molecular flexibility index (Phi) is 7.08. The van der Waals surface area contributed by atoms with Crippen LogP contribution in [0, 0.1) is 91.7 Å². The summed E-state index contributed by atoms with van der Waals surface area (Å²) >= 11 is 0. The first-order valence-electron chi connectivity index (χ1n) is 44.1. The van der Waals surface area contributed by atoms with Gasteiger partial charge in [0.15, 0.2) is 0 Å². The van der Waals surface area contributed by atoms with E-state index in [4.69, 9.17) is 6.42 Å². The zero-order chi connectivity index (χ0) is 81.2. The smallest absolute Gasteiger partial charge is 0.138 e. The van der Waals surface area contributed by atoms with Gasteiger partial charge < -0.3 is 0 Å². The maximum absolute atomic E-state index is 11.9. The highest BCUT2D eigenvalue weighted by molar-refractivity contribution is 6.74. The lowest BCUT2D eigenvalue weighted by Crippen LogP contribution is -2.26. The summed E-state index contributed by atoms with van der Waals surface area (Å²) in [4.78, 5) is 0. The minimum atomic E-state index is -0.265. The molecule has 0 aliphatic heterocycles. The summed E-state index contributed by atoms with van der Waals surface area (Å²) in [5, 5.41) is 174. The second-order valence-electron chi connectivity index (χ2n) is 39.7. The van der Waals surface area contributed by atoms with Gasteiger partial charge in [-0.3, -0.25) is 0 Å². The summed E-state index contributed by atoms with van der Waals surface area (Å²) in [6, 6.07) is 69.6. The Balaban J connectivity index is 0.913. The van der Waals surface area contributed by atoms with Gasteiger partial charge in [0.25, 0.3) is 0 Å². The van der Waals surface area contributed by atoms with E-state index in [1.54, 1.807) is 0 Å². The molecule has 0 radical (unpaired) electrons. The van der Waals surface area contributed by atoms with E-state index in [0.29, 0.717) is 21.2 Å². The molecule has 4 aliphatic rings. The summed E-state index contributed by atoms with van der Waals surface area (Å²) in [5.41, 5.74) is 6.02. The number of rotatable bonds is 0. The average Bonchev–Trinajstić information content (AvgIpc) is 0.846. The molecule has 38 aromatic carbocycles. The van der Waals surface area contributed by atoms with Crippen LogP contribution in [0.15, 0.2) is 133 Å². The van der Waals surface area contributed by atoms with Crippen LogP contribution >= 0.6 is 0 Å². The first kappa shape index (κ1) is 57.1. The Labute approximate surface area is 706 Å². The normalized spacial score (nSPS) is 16.0. The van der Waals surface area contributed by atoms with Gasteiger partial charge in [-0.05, 0) is 480 Å². The first-order chi connectivity index (χ1) is 63.4. The van der Waals surface area contributed by atoms with Gasteiger partial charge in [-0.15, -0.1) is 6.42 Å². The van der Waals surface area contributed by atoms with Crippen LogP contribution in [0.2, 0.25) is 0 Å². The van der Waals surface area contributed by atoms with Gasteiger partial charge in [0.05, 0.1) is 0 Å². The van der Waals surface area contributed by atoms with Crippen LogP contribution in [0.3, 0.4) is 0 Å². The third-order valence-electron chi connectivity index (χ3n) is 36.7. The second-order valence-corrected chi connectivity index (χ2v) is 39.7. The maximum Gasteiger partial charge on any atom is 0.138 e. The Morgan fingerprint density at radius 2 is 0.367 bits per heavy atom. The molecule has 0 N–H and O–H groups in total. The fourth-order valence-corrected chi connectivity index (χ4v) is 34.1. The van der Waals surface area contributed by atoms with Crippen molar-refractivity contribution in [2.75, 3.05) is 0 Å². The summed E-state index contributed by atoms with van der Waals surface area (Å²) in [7, 11) is 0. The highest BCUT2D eigenvalue weighted by Crippen LogP contribution is 2.78. The molecule has 0 bridgehead atoms. The largest absolute Gasteiger partial charge is 0.192 e. The van der Waals surface area contributed by atoms with Crippen molar-refractivity contribution in [3.63, 3.8) is 0 Å². The average molecular weight is 1580 g/mol. The highest BCUT2D eigenvalue weighted by atomic mass is 14.6. The van der Waals surface area contributed by atoms with E-state index >= 15 is 0 Å². The molecule has 0 fully saturated rings.